The van der Waals surface area contributed by atoms with Crippen LogP contribution >= 0.6 is 17.1 Å². The van der Waals surface area contributed by atoms with Gasteiger partial charge in [0, 0.05) is 5.75 Å². The SMILES string of the molecule is S=P1(SCc2ccccc2)Oc2ccccc2O1. The lowest BCUT2D eigenvalue weighted by Crippen LogP contribution is -1.88. The van der Waals surface area contributed by atoms with E-state index in [1.807, 2.05) is 42.5 Å². The first-order valence-corrected chi connectivity index (χ1v) is 9.75. The zero-order valence-corrected chi connectivity index (χ0v) is 12.0. The first kappa shape index (κ1) is 12.1. The quantitative estimate of drug-likeness (QED) is 0.769. The van der Waals surface area contributed by atoms with Gasteiger partial charge in [0.2, 0.25) is 0 Å². The van der Waals surface area contributed by atoms with Crippen molar-refractivity contribution in [2.75, 3.05) is 0 Å². The second kappa shape index (κ2) is 4.96. The molecule has 18 heavy (non-hydrogen) atoms. The topological polar surface area (TPSA) is 18.5 Å². The number of fused-ring (bicyclic) bond motifs is 1. The van der Waals surface area contributed by atoms with Gasteiger partial charge in [-0.25, -0.2) is 0 Å². The summed E-state index contributed by atoms with van der Waals surface area (Å²) < 4.78 is 11.6. The van der Waals surface area contributed by atoms with Crippen LogP contribution in [0.15, 0.2) is 54.6 Å². The molecule has 0 amide bonds. The third-order valence-corrected chi connectivity index (χ3v) is 7.30. The minimum absolute atomic E-state index is 0.765. The highest BCUT2D eigenvalue weighted by molar-refractivity contribution is 8.67. The molecule has 0 N–H and O–H groups in total. The van der Waals surface area contributed by atoms with Gasteiger partial charge in [-0.2, -0.15) is 0 Å². The van der Waals surface area contributed by atoms with Crippen LogP contribution in [-0.4, -0.2) is 0 Å². The van der Waals surface area contributed by atoms with E-state index < -0.39 is 5.69 Å². The Morgan fingerprint density at radius 3 is 2.06 bits per heavy atom. The molecule has 2 aromatic carbocycles. The molecule has 5 heteroatoms. The van der Waals surface area contributed by atoms with E-state index in [1.165, 1.54) is 5.56 Å². The largest absolute Gasteiger partial charge is 0.424 e. The van der Waals surface area contributed by atoms with Gasteiger partial charge in [-0.05, 0) is 40.9 Å². The van der Waals surface area contributed by atoms with Crippen molar-refractivity contribution in [3.05, 3.63) is 60.2 Å². The van der Waals surface area contributed by atoms with Crippen molar-refractivity contribution in [3.8, 4) is 11.5 Å². The maximum absolute atomic E-state index is 5.78. The standard InChI is InChI=1S/C13H11O2PS2/c17-16(18-10-11-6-2-1-3-7-11)14-12-8-4-5-9-13(12)15-16/h1-9H,10H2. The molecule has 1 aliphatic rings. The van der Waals surface area contributed by atoms with Gasteiger partial charge in [-0.1, -0.05) is 42.5 Å². The first-order valence-electron chi connectivity index (χ1n) is 5.52. The summed E-state index contributed by atoms with van der Waals surface area (Å²) >= 11 is 7.08. The molecule has 1 heterocycles. The number of hydrogen-bond acceptors (Lipinski definition) is 4. The zero-order valence-electron chi connectivity index (χ0n) is 9.48. The Balaban J connectivity index is 1.70. The second-order valence-corrected chi connectivity index (χ2v) is 9.99. The minimum atomic E-state index is -2.27. The molecule has 2 nitrogen and oxygen atoms in total. The monoisotopic (exact) mass is 294 g/mol. The van der Waals surface area contributed by atoms with Crippen molar-refractivity contribution in [2.24, 2.45) is 0 Å². The molecule has 2 aromatic rings. The van der Waals surface area contributed by atoms with Crippen molar-refractivity contribution in [3.63, 3.8) is 0 Å². The summed E-state index contributed by atoms with van der Waals surface area (Å²) in [6.07, 6.45) is 0. The summed E-state index contributed by atoms with van der Waals surface area (Å²) in [7, 11) is 0. The Kier molecular flexibility index (Phi) is 3.33. The van der Waals surface area contributed by atoms with Gasteiger partial charge >= 0.3 is 5.69 Å². The lowest BCUT2D eigenvalue weighted by Gasteiger charge is -2.12. The smallest absolute Gasteiger partial charge is 0.349 e. The summed E-state index contributed by atoms with van der Waals surface area (Å²) in [5.74, 6) is 2.34. The summed E-state index contributed by atoms with van der Waals surface area (Å²) in [6, 6.07) is 17.9. The van der Waals surface area contributed by atoms with Crippen LogP contribution in [0.1, 0.15) is 5.56 Å². The van der Waals surface area contributed by atoms with E-state index in [0.717, 1.165) is 17.3 Å². The van der Waals surface area contributed by atoms with Gasteiger partial charge in [-0.3, -0.25) is 0 Å². The molecule has 0 radical (unpaired) electrons. The van der Waals surface area contributed by atoms with Gasteiger partial charge in [0.1, 0.15) is 0 Å². The molecule has 0 unspecified atom stereocenters. The van der Waals surface area contributed by atoms with Crippen LogP contribution in [0.25, 0.3) is 0 Å². The third-order valence-electron chi connectivity index (χ3n) is 2.50. The maximum atomic E-state index is 5.78. The fourth-order valence-corrected chi connectivity index (χ4v) is 5.74. The Morgan fingerprint density at radius 2 is 1.44 bits per heavy atom. The van der Waals surface area contributed by atoms with Crippen molar-refractivity contribution in [1.29, 1.82) is 0 Å². The van der Waals surface area contributed by atoms with Gasteiger partial charge in [0.05, 0.1) is 0 Å². The van der Waals surface area contributed by atoms with E-state index in [0.29, 0.717) is 0 Å². The van der Waals surface area contributed by atoms with Crippen molar-refractivity contribution in [1.82, 2.24) is 0 Å². The minimum Gasteiger partial charge on any atom is -0.424 e. The van der Waals surface area contributed by atoms with Crippen LogP contribution in [0, 0.1) is 0 Å². The lowest BCUT2D eigenvalue weighted by molar-refractivity contribution is 0.593. The molecule has 0 saturated heterocycles. The third kappa shape index (κ3) is 2.56. The van der Waals surface area contributed by atoms with Crippen LogP contribution in [0.2, 0.25) is 0 Å². The highest BCUT2D eigenvalue weighted by Crippen LogP contribution is 2.67. The summed E-state index contributed by atoms with van der Waals surface area (Å²) in [4.78, 5) is 0. The van der Waals surface area contributed by atoms with Crippen molar-refractivity contribution >= 4 is 28.9 Å². The molecular formula is C13H11O2PS2. The number of rotatable bonds is 3. The van der Waals surface area contributed by atoms with E-state index in [1.54, 1.807) is 11.4 Å². The molecule has 92 valence electrons. The van der Waals surface area contributed by atoms with Crippen molar-refractivity contribution < 1.29 is 9.05 Å². The second-order valence-electron chi connectivity index (χ2n) is 3.84. The number of hydrogen-bond donors (Lipinski definition) is 0. The van der Waals surface area contributed by atoms with Crippen LogP contribution in [-0.2, 0) is 17.6 Å². The fraction of sp³-hybridized carbons (Fsp3) is 0.0769. The van der Waals surface area contributed by atoms with Gasteiger partial charge in [0.25, 0.3) is 0 Å². The van der Waals surface area contributed by atoms with E-state index >= 15 is 0 Å². The molecular weight excluding hydrogens is 283 g/mol. The Bertz CT molecular complexity index is 572. The summed E-state index contributed by atoms with van der Waals surface area (Å²) in [5.41, 5.74) is -1.04. The average Bonchev–Trinajstić information content (AvgIpc) is 2.74. The molecule has 0 aromatic heterocycles. The van der Waals surface area contributed by atoms with E-state index in [9.17, 15) is 0 Å². The molecule has 0 fully saturated rings. The maximum Gasteiger partial charge on any atom is 0.349 e. The predicted octanol–water partition coefficient (Wildman–Crippen LogP) is 4.62. The highest BCUT2D eigenvalue weighted by Gasteiger charge is 2.32. The lowest BCUT2D eigenvalue weighted by atomic mass is 10.2. The molecule has 0 aliphatic carbocycles. The van der Waals surface area contributed by atoms with Crippen LogP contribution in [0.5, 0.6) is 11.5 Å². The predicted molar refractivity (Wildman–Crippen MR) is 79.7 cm³/mol. The molecule has 0 saturated carbocycles. The molecule has 0 bridgehead atoms. The normalized spacial score (nSPS) is 15.6. The van der Waals surface area contributed by atoms with Crippen LogP contribution < -0.4 is 9.05 Å². The molecule has 1 aliphatic heterocycles. The molecule has 0 atom stereocenters. The van der Waals surface area contributed by atoms with Crippen LogP contribution in [0.4, 0.5) is 0 Å². The number of para-hydroxylation sites is 2. The van der Waals surface area contributed by atoms with Crippen LogP contribution in [0.3, 0.4) is 0 Å². The highest BCUT2D eigenvalue weighted by atomic mass is 32.9. The molecule has 3 rings (SSSR count). The van der Waals surface area contributed by atoms with Crippen molar-refractivity contribution in [2.45, 2.75) is 5.75 Å². The fourth-order valence-electron chi connectivity index (χ4n) is 1.64. The van der Waals surface area contributed by atoms with Gasteiger partial charge < -0.3 is 9.05 Å². The average molecular weight is 294 g/mol. The van der Waals surface area contributed by atoms with E-state index in [-0.39, 0.29) is 0 Å². The van der Waals surface area contributed by atoms with Gasteiger partial charge in [0.15, 0.2) is 11.5 Å². The van der Waals surface area contributed by atoms with Gasteiger partial charge in [-0.15, -0.1) is 0 Å². The number of benzene rings is 2. The van der Waals surface area contributed by atoms with E-state index in [4.69, 9.17) is 20.9 Å². The first-order chi connectivity index (χ1) is 8.75. The van der Waals surface area contributed by atoms with E-state index in [2.05, 4.69) is 12.1 Å². The Morgan fingerprint density at radius 1 is 0.889 bits per heavy atom. The molecule has 0 spiro atoms. The Hall–Kier alpha value is -0.960. The Labute approximate surface area is 115 Å². The summed E-state index contributed by atoms with van der Waals surface area (Å²) in [5, 5.41) is 0. The summed E-state index contributed by atoms with van der Waals surface area (Å²) in [6.45, 7) is 0. The zero-order chi connectivity index (χ0) is 12.4.